The summed E-state index contributed by atoms with van der Waals surface area (Å²) in [6.45, 7) is 14.1. The number of imidazole rings is 1. The number of hydrogen-bond acceptors (Lipinski definition) is 3. The molecule has 1 aromatic heterocycles. The average molecular weight is 452 g/mol. The summed E-state index contributed by atoms with van der Waals surface area (Å²) in [5, 5.41) is 8.86. The lowest BCUT2D eigenvalue weighted by molar-refractivity contribution is -0.202. The Labute approximate surface area is 189 Å². The van der Waals surface area contributed by atoms with Crippen molar-refractivity contribution < 1.29 is 18.0 Å². The normalized spacial score (nSPS) is 14.1. The van der Waals surface area contributed by atoms with Gasteiger partial charge in [0.25, 0.3) is 0 Å². The van der Waals surface area contributed by atoms with E-state index in [-0.39, 0.29) is 11.2 Å². The number of rotatable bonds is 5. The minimum Gasteiger partial charge on any atom is -0.313 e. The number of nitrogens with zero attached hydrogens (tertiary/aromatic N) is 3. The van der Waals surface area contributed by atoms with E-state index in [0.717, 1.165) is 30.8 Å². The molecule has 1 heterocycles. The molecular formula is C25H36F3N3O. The lowest BCUT2D eigenvalue weighted by atomic mass is 9.82. The maximum atomic E-state index is 13.2. The first kappa shape index (κ1) is 27.7. The first-order chi connectivity index (χ1) is 14.7. The van der Waals surface area contributed by atoms with Gasteiger partial charge in [-0.15, -0.1) is 0 Å². The summed E-state index contributed by atoms with van der Waals surface area (Å²) in [5.41, 5.74) is -0.716. The van der Waals surface area contributed by atoms with E-state index in [1.165, 1.54) is 25.8 Å². The number of carbonyl (C=O) groups is 1. The van der Waals surface area contributed by atoms with Gasteiger partial charge in [-0.3, -0.25) is 4.79 Å². The Hall–Kier alpha value is -2.36. The molecule has 3 rings (SSSR count). The van der Waals surface area contributed by atoms with Crippen molar-refractivity contribution in [3.05, 3.63) is 29.6 Å². The summed E-state index contributed by atoms with van der Waals surface area (Å²) in [6, 6.07) is 6.46. The number of alkyl halides is 3. The molecule has 2 aromatic rings. The Kier molecular flexibility index (Phi) is 9.08. The molecule has 0 spiro atoms. The van der Waals surface area contributed by atoms with Crippen LogP contribution in [0.15, 0.2) is 18.2 Å². The highest BCUT2D eigenvalue weighted by Crippen LogP contribution is 2.47. The van der Waals surface area contributed by atoms with E-state index in [4.69, 9.17) is 5.26 Å². The van der Waals surface area contributed by atoms with Crippen LogP contribution in [-0.2, 0) is 10.3 Å². The molecule has 0 radical (unpaired) electrons. The molecule has 7 heteroatoms. The molecule has 1 aliphatic carbocycles. The third kappa shape index (κ3) is 6.34. The number of aryl methyl sites for hydroxylation is 1. The van der Waals surface area contributed by atoms with E-state index in [1.54, 1.807) is 12.1 Å². The van der Waals surface area contributed by atoms with Gasteiger partial charge < -0.3 is 4.57 Å². The van der Waals surface area contributed by atoms with Crippen LogP contribution in [0.25, 0.3) is 11.0 Å². The highest BCUT2D eigenvalue weighted by atomic mass is 19.4. The van der Waals surface area contributed by atoms with Crippen molar-refractivity contribution in [2.75, 3.05) is 0 Å². The highest BCUT2D eigenvalue weighted by molar-refractivity contribution is 5.79. The topological polar surface area (TPSA) is 58.7 Å². The molecule has 0 aliphatic heterocycles. The number of fused-ring (bicyclic) bond motifs is 1. The second-order valence-corrected chi connectivity index (χ2v) is 9.20. The fourth-order valence-electron chi connectivity index (χ4n) is 3.74. The predicted octanol–water partition coefficient (Wildman–Crippen LogP) is 7.33. The first-order valence-electron chi connectivity index (χ1n) is 11.2. The fraction of sp³-hybridized carbons (Fsp3) is 0.640. The number of nitriles is 1. The predicted molar refractivity (Wildman–Crippen MR) is 122 cm³/mol. The molecule has 4 nitrogen and oxygen atoms in total. The smallest absolute Gasteiger partial charge is 0.313 e. The number of benzene rings is 1. The number of carbonyl (C=O) groups excluding carboxylic acids is 1. The van der Waals surface area contributed by atoms with Gasteiger partial charge in [0.2, 0.25) is 0 Å². The number of Topliss-reactive ketones (excluding diaryl/α,β-unsaturated/α-hetero) is 1. The van der Waals surface area contributed by atoms with Gasteiger partial charge in [-0.05, 0) is 63.1 Å². The minimum absolute atomic E-state index is 0.271. The molecule has 0 bridgehead atoms. The van der Waals surface area contributed by atoms with Crippen molar-refractivity contribution in [1.29, 1.82) is 5.26 Å². The average Bonchev–Trinajstić information content (AvgIpc) is 3.51. The zero-order chi connectivity index (χ0) is 24.9. The lowest BCUT2D eigenvalue weighted by Crippen LogP contribution is -2.42. The lowest BCUT2D eigenvalue weighted by Gasteiger charge is -2.31. The van der Waals surface area contributed by atoms with Gasteiger partial charge in [-0.1, -0.05) is 34.6 Å². The molecule has 0 saturated heterocycles. The van der Waals surface area contributed by atoms with Crippen LogP contribution in [0.1, 0.15) is 85.5 Å². The number of halogens is 3. The summed E-state index contributed by atoms with van der Waals surface area (Å²) >= 11 is 0. The van der Waals surface area contributed by atoms with Crippen molar-refractivity contribution in [1.82, 2.24) is 9.55 Å². The van der Waals surface area contributed by atoms with Crippen LogP contribution in [0, 0.1) is 29.6 Å². The molecule has 1 fully saturated rings. The maximum Gasteiger partial charge on any atom is 0.411 e. The van der Waals surface area contributed by atoms with E-state index < -0.39 is 11.7 Å². The summed E-state index contributed by atoms with van der Waals surface area (Å²) < 4.78 is 40.6. The highest BCUT2D eigenvalue weighted by Gasteiger charge is 2.50. The fourth-order valence-corrected chi connectivity index (χ4v) is 3.74. The molecule has 0 N–H and O–H groups in total. The van der Waals surface area contributed by atoms with E-state index >= 15 is 0 Å². The van der Waals surface area contributed by atoms with Crippen molar-refractivity contribution in [3.8, 4) is 6.07 Å². The van der Waals surface area contributed by atoms with Crippen LogP contribution in [-0.4, -0.2) is 21.5 Å². The first-order valence-corrected chi connectivity index (χ1v) is 11.2. The second-order valence-electron chi connectivity index (χ2n) is 9.20. The van der Waals surface area contributed by atoms with Crippen LogP contribution < -0.4 is 0 Å². The molecule has 1 saturated carbocycles. The standard InChI is InChI=1S/C13H12F3N3.C10H18O.C2H6/c1-8-18-10-5-4-9(7-17)6-11(10)19(8)12(2,3)13(14,15)16;1-4-9(11)7-10(2,3)8-5-6-8;1-2/h4-6H,1-3H3;8H,4-7H2,1-3H3;1-2H3. The molecule has 1 aliphatic rings. The molecule has 178 valence electrons. The van der Waals surface area contributed by atoms with Crippen LogP contribution >= 0.6 is 0 Å². The molecule has 0 unspecified atom stereocenters. The van der Waals surface area contributed by atoms with E-state index in [0.29, 0.717) is 28.8 Å². The maximum absolute atomic E-state index is 13.2. The zero-order valence-corrected chi connectivity index (χ0v) is 20.5. The van der Waals surface area contributed by atoms with Gasteiger partial charge in [0.1, 0.15) is 17.1 Å². The summed E-state index contributed by atoms with van der Waals surface area (Å²) in [6.07, 6.45) is -0.244. The zero-order valence-electron chi connectivity index (χ0n) is 20.5. The minimum atomic E-state index is -4.41. The van der Waals surface area contributed by atoms with Gasteiger partial charge in [0.15, 0.2) is 0 Å². The van der Waals surface area contributed by atoms with Crippen LogP contribution in [0.5, 0.6) is 0 Å². The Morgan fingerprint density at radius 2 is 1.75 bits per heavy atom. The van der Waals surface area contributed by atoms with Crippen molar-refractivity contribution in [2.24, 2.45) is 11.3 Å². The molecule has 0 amide bonds. The number of ketones is 1. The molecule has 32 heavy (non-hydrogen) atoms. The third-order valence-electron chi connectivity index (χ3n) is 5.93. The van der Waals surface area contributed by atoms with Crippen LogP contribution in [0.3, 0.4) is 0 Å². The summed E-state index contributed by atoms with van der Waals surface area (Å²) in [4.78, 5) is 15.3. The van der Waals surface area contributed by atoms with Crippen LogP contribution in [0.4, 0.5) is 13.2 Å². The van der Waals surface area contributed by atoms with Gasteiger partial charge in [-0.25, -0.2) is 4.98 Å². The van der Waals surface area contributed by atoms with E-state index in [1.807, 2.05) is 26.8 Å². The Morgan fingerprint density at radius 1 is 1.19 bits per heavy atom. The van der Waals surface area contributed by atoms with E-state index in [9.17, 15) is 18.0 Å². The van der Waals surface area contributed by atoms with Gasteiger partial charge in [-0.2, -0.15) is 18.4 Å². The molecular weight excluding hydrogens is 415 g/mol. The third-order valence-corrected chi connectivity index (χ3v) is 5.93. The summed E-state index contributed by atoms with van der Waals surface area (Å²) in [5.74, 6) is 1.52. The largest absolute Gasteiger partial charge is 0.411 e. The van der Waals surface area contributed by atoms with Gasteiger partial charge in [0.05, 0.1) is 22.7 Å². The van der Waals surface area contributed by atoms with Crippen molar-refractivity contribution in [2.45, 2.75) is 92.8 Å². The monoisotopic (exact) mass is 451 g/mol. The van der Waals surface area contributed by atoms with Crippen molar-refractivity contribution >= 4 is 16.8 Å². The molecule has 1 aromatic carbocycles. The molecule has 0 atom stereocenters. The van der Waals surface area contributed by atoms with Gasteiger partial charge >= 0.3 is 6.18 Å². The second kappa shape index (κ2) is 10.5. The van der Waals surface area contributed by atoms with Crippen LogP contribution in [0.2, 0.25) is 0 Å². The Morgan fingerprint density at radius 3 is 2.19 bits per heavy atom. The van der Waals surface area contributed by atoms with Crippen molar-refractivity contribution in [3.63, 3.8) is 0 Å². The number of hydrogen-bond donors (Lipinski definition) is 0. The Bertz CT molecular complexity index is 961. The van der Waals surface area contributed by atoms with Gasteiger partial charge in [0, 0.05) is 12.8 Å². The Balaban J connectivity index is 0.000000335. The van der Waals surface area contributed by atoms with E-state index in [2.05, 4.69) is 18.8 Å². The number of aromatic nitrogens is 2. The SMILES string of the molecule is CC.CCC(=O)CC(C)(C)C1CC1.Cc1nc2ccc(C#N)cc2n1C(C)(C)C(F)(F)F. The summed E-state index contributed by atoms with van der Waals surface area (Å²) in [7, 11) is 0. The quantitative estimate of drug-likeness (QED) is 0.478.